The minimum atomic E-state index is -0.646. The maximum absolute atomic E-state index is 9.97. The molecule has 1 aliphatic heterocycles. The van der Waals surface area contributed by atoms with Crippen LogP contribution in [0.5, 0.6) is 0 Å². The van der Waals surface area contributed by atoms with Crippen molar-refractivity contribution in [1.29, 1.82) is 0 Å². The summed E-state index contributed by atoms with van der Waals surface area (Å²) >= 11 is 0. The molecular formula is C9H12N2O. The van der Waals surface area contributed by atoms with E-state index in [0.29, 0.717) is 13.1 Å². The Morgan fingerprint density at radius 1 is 1.58 bits per heavy atom. The summed E-state index contributed by atoms with van der Waals surface area (Å²) in [4.78, 5) is 3.99. The molecule has 1 fully saturated rings. The molecule has 0 aromatic carbocycles. The van der Waals surface area contributed by atoms with Gasteiger partial charge in [-0.3, -0.25) is 4.98 Å². The van der Waals surface area contributed by atoms with E-state index in [1.54, 1.807) is 12.4 Å². The van der Waals surface area contributed by atoms with Gasteiger partial charge in [-0.15, -0.1) is 0 Å². The lowest BCUT2D eigenvalue weighted by Gasteiger charge is -2.38. The van der Waals surface area contributed by atoms with Gasteiger partial charge < -0.3 is 10.4 Å². The normalized spacial score (nSPS) is 20.2. The summed E-state index contributed by atoms with van der Waals surface area (Å²) in [5.74, 6) is 0. The Balaban J connectivity index is 2.39. The zero-order valence-corrected chi connectivity index (χ0v) is 7.04. The van der Waals surface area contributed by atoms with E-state index in [1.807, 2.05) is 13.0 Å². The second kappa shape index (κ2) is 2.54. The van der Waals surface area contributed by atoms with E-state index in [1.165, 1.54) is 0 Å². The summed E-state index contributed by atoms with van der Waals surface area (Å²) < 4.78 is 0. The number of β-amino-alcohol motifs (C(OH)–C–C–N with tert-alkyl or cyclic N) is 1. The lowest BCUT2D eigenvalue weighted by atomic mass is 9.86. The Hall–Kier alpha value is -0.930. The highest BCUT2D eigenvalue weighted by molar-refractivity contribution is 5.31. The predicted octanol–water partition coefficient (Wildman–Crippen LogP) is 0.181. The molecule has 0 radical (unpaired) electrons. The van der Waals surface area contributed by atoms with E-state index in [-0.39, 0.29) is 0 Å². The standard InChI is InChI=1S/C9H12N2O/c1-7-4-10-3-2-8(7)9(12)5-11-6-9/h2-4,11-12H,5-6H2,1H3. The van der Waals surface area contributed by atoms with Crippen LogP contribution in [0.4, 0.5) is 0 Å². The van der Waals surface area contributed by atoms with Crippen molar-refractivity contribution in [3.8, 4) is 0 Å². The Labute approximate surface area is 71.4 Å². The first-order chi connectivity index (χ1) is 5.72. The van der Waals surface area contributed by atoms with Crippen LogP contribution in [0.25, 0.3) is 0 Å². The quantitative estimate of drug-likeness (QED) is 0.622. The number of aromatic nitrogens is 1. The highest BCUT2D eigenvalue weighted by Gasteiger charge is 2.36. The molecule has 3 nitrogen and oxygen atoms in total. The maximum atomic E-state index is 9.97. The number of hydrogen-bond acceptors (Lipinski definition) is 3. The van der Waals surface area contributed by atoms with Gasteiger partial charge in [0.2, 0.25) is 0 Å². The van der Waals surface area contributed by atoms with Gasteiger partial charge in [0, 0.05) is 25.5 Å². The molecular weight excluding hydrogens is 152 g/mol. The third kappa shape index (κ3) is 1.02. The van der Waals surface area contributed by atoms with Gasteiger partial charge in [0.1, 0.15) is 5.60 Å². The summed E-state index contributed by atoms with van der Waals surface area (Å²) in [6.45, 7) is 3.27. The fourth-order valence-electron chi connectivity index (χ4n) is 1.55. The van der Waals surface area contributed by atoms with E-state index in [2.05, 4.69) is 10.3 Å². The van der Waals surface area contributed by atoms with E-state index < -0.39 is 5.60 Å². The van der Waals surface area contributed by atoms with Crippen LogP contribution in [0.15, 0.2) is 18.5 Å². The molecule has 64 valence electrons. The number of rotatable bonds is 1. The van der Waals surface area contributed by atoms with Gasteiger partial charge in [-0.05, 0) is 24.1 Å². The lowest BCUT2D eigenvalue weighted by Crippen LogP contribution is -2.57. The van der Waals surface area contributed by atoms with Crippen molar-refractivity contribution in [3.63, 3.8) is 0 Å². The minimum Gasteiger partial charge on any atom is -0.382 e. The lowest BCUT2D eigenvalue weighted by molar-refractivity contribution is -0.0152. The second-order valence-corrected chi connectivity index (χ2v) is 3.33. The van der Waals surface area contributed by atoms with Crippen molar-refractivity contribution in [3.05, 3.63) is 29.6 Å². The first-order valence-electron chi connectivity index (χ1n) is 4.06. The van der Waals surface area contributed by atoms with Gasteiger partial charge in [0.15, 0.2) is 0 Å². The van der Waals surface area contributed by atoms with Crippen LogP contribution in [-0.2, 0) is 5.60 Å². The summed E-state index contributed by atoms with van der Waals surface area (Å²) in [5.41, 5.74) is 1.41. The van der Waals surface area contributed by atoms with Gasteiger partial charge >= 0.3 is 0 Å². The van der Waals surface area contributed by atoms with E-state index in [4.69, 9.17) is 0 Å². The smallest absolute Gasteiger partial charge is 0.115 e. The van der Waals surface area contributed by atoms with Gasteiger partial charge in [-0.25, -0.2) is 0 Å². The fourth-order valence-corrected chi connectivity index (χ4v) is 1.55. The molecule has 2 rings (SSSR count). The molecule has 0 amide bonds. The second-order valence-electron chi connectivity index (χ2n) is 3.33. The SMILES string of the molecule is Cc1cnccc1C1(O)CNC1. The van der Waals surface area contributed by atoms with Gasteiger partial charge in [0.05, 0.1) is 0 Å². The van der Waals surface area contributed by atoms with Crippen molar-refractivity contribution < 1.29 is 5.11 Å². The molecule has 1 aliphatic rings. The van der Waals surface area contributed by atoms with E-state index >= 15 is 0 Å². The van der Waals surface area contributed by atoms with Crippen molar-refractivity contribution >= 4 is 0 Å². The Kier molecular flexibility index (Phi) is 1.63. The molecule has 0 atom stereocenters. The summed E-state index contributed by atoms with van der Waals surface area (Å²) in [6, 6.07) is 1.89. The van der Waals surface area contributed by atoms with Crippen LogP contribution in [0.3, 0.4) is 0 Å². The van der Waals surface area contributed by atoms with Crippen LogP contribution < -0.4 is 5.32 Å². The molecule has 0 aliphatic carbocycles. The number of aliphatic hydroxyl groups is 1. The Morgan fingerprint density at radius 3 is 2.83 bits per heavy atom. The van der Waals surface area contributed by atoms with E-state index in [0.717, 1.165) is 11.1 Å². The Bertz CT molecular complexity index is 294. The van der Waals surface area contributed by atoms with Crippen molar-refractivity contribution in [2.75, 3.05) is 13.1 Å². The number of pyridine rings is 1. The van der Waals surface area contributed by atoms with Gasteiger partial charge in [-0.1, -0.05) is 0 Å². The minimum absolute atomic E-state index is 0.646. The number of aryl methyl sites for hydroxylation is 1. The largest absolute Gasteiger partial charge is 0.382 e. The molecule has 12 heavy (non-hydrogen) atoms. The molecule has 0 saturated carbocycles. The number of nitrogens with zero attached hydrogens (tertiary/aromatic N) is 1. The summed E-state index contributed by atoms with van der Waals surface area (Å²) in [6.07, 6.45) is 3.50. The molecule has 3 heteroatoms. The molecule has 1 aromatic rings. The number of nitrogens with one attached hydrogen (secondary N) is 1. The van der Waals surface area contributed by atoms with Crippen molar-refractivity contribution in [1.82, 2.24) is 10.3 Å². The molecule has 1 saturated heterocycles. The van der Waals surface area contributed by atoms with Crippen LogP contribution in [0, 0.1) is 6.92 Å². The zero-order valence-electron chi connectivity index (χ0n) is 7.04. The highest BCUT2D eigenvalue weighted by Crippen LogP contribution is 2.26. The van der Waals surface area contributed by atoms with Crippen LogP contribution >= 0.6 is 0 Å². The molecule has 2 heterocycles. The predicted molar refractivity (Wildman–Crippen MR) is 45.7 cm³/mol. The maximum Gasteiger partial charge on any atom is 0.115 e. The monoisotopic (exact) mass is 164 g/mol. The van der Waals surface area contributed by atoms with Crippen LogP contribution in [0.2, 0.25) is 0 Å². The fraction of sp³-hybridized carbons (Fsp3) is 0.444. The molecule has 0 bridgehead atoms. The Morgan fingerprint density at radius 2 is 2.33 bits per heavy atom. The average molecular weight is 164 g/mol. The van der Waals surface area contributed by atoms with Gasteiger partial charge in [0.25, 0.3) is 0 Å². The first kappa shape index (κ1) is 7.71. The molecule has 0 spiro atoms. The average Bonchev–Trinajstić information content (AvgIpc) is 2.01. The van der Waals surface area contributed by atoms with E-state index in [9.17, 15) is 5.11 Å². The third-order valence-corrected chi connectivity index (χ3v) is 2.36. The topological polar surface area (TPSA) is 45.2 Å². The van der Waals surface area contributed by atoms with Crippen molar-refractivity contribution in [2.24, 2.45) is 0 Å². The summed E-state index contributed by atoms with van der Waals surface area (Å²) in [7, 11) is 0. The number of hydrogen-bond donors (Lipinski definition) is 2. The van der Waals surface area contributed by atoms with Crippen molar-refractivity contribution in [2.45, 2.75) is 12.5 Å². The first-order valence-corrected chi connectivity index (χ1v) is 4.06. The van der Waals surface area contributed by atoms with Crippen LogP contribution in [-0.4, -0.2) is 23.2 Å². The molecule has 0 unspecified atom stereocenters. The zero-order chi connectivity index (χ0) is 8.60. The van der Waals surface area contributed by atoms with Crippen LogP contribution in [0.1, 0.15) is 11.1 Å². The molecule has 2 N–H and O–H groups in total. The third-order valence-electron chi connectivity index (χ3n) is 2.36. The highest BCUT2D eigenvalue weighted by atomic mass is 16.3. The summed E-state index contributed by atoms with van der Waals surface area (Å²) in [5, 5.41) is 13.0. The van der Waals surface area contributed by atoms with Gasteiger partial charge in [-0.2, -0.15) is 0 Å². The molecule has 1 aromatic heterocycles.